The molecule has 5 nitrogen and oxygen atoms in total. The lowest BCUT2D eigenvalue weighted by molar-refractivity contribution is 0.0696. The van der Waals surface area contributed by atoms with E-state index in [0.717, 1.165) is 23.7 Å². The fourth-order valence-corrected chi connectivity index (χ4v) is 4.40. The third-order valence-electron chi connectivity index (χ3n) is 5.20. The van der Waals surface area contributed by atoms with E-state index in [4.69, 9.17) is 10.8 Å². The number of pyridine rings is 1. The lowest BCUT2D eigenvalue weighted by Crippen LogP contribution is -2.15. The molecule has 0 saturated heterocycles. The minimum atomic E-state index is -0.993. The zero-order chi connectivity index (χ0) is 13.1. The van der Waals surface area contributed by atoms with E-state index in [0.29, 0.717) is 17.5 Å². The molecular formula is C14H17N3O2. The van der Waals surface area contributed by atoms with Crippen LogP contribution in [0.2, 0.25) is 0 Å². The number of nitrogens with zero attached hydrogens (tertiary/aromatic N) is 1. The number of aromatic carboxylic acids is 1. The van der Waals surface area contributed by atoms with Gasteiger partial charge in [-0.15, -0.1) is 0 Å². The molecule has 2 bridgehead atoms. The number of nitrogens with two attached hydrogens (primary N) is 1. The maximum absolute atomic E-state index is 10.8. The molecule has 3 aliphatic rings. The monoisotopic (exact) mass is 259 g/mol. The van der Waals surface area contributed by atoms with Gasteiger partial charge in [0.2, 0.25) is 0 Å². The standard InChI is InChI=1S/C14H17N3O2/c15-9-4-8(14(18)19)5-16-13(9)17-12-10-6-1-2-7(3-6)11(10)12/h4-7,10-12H,1-3,15H2,(H,16,17)(H,18,19). The van der Waals surface area contributed by atoms with Crippen molar-refractivity contribution in [3.8, 4) is 0 Å². The lowest BCUT2D eigenvalue weighted by atomic mass is 10.0. The van der Waals surface area contributed by atoms with Crippen molar-refractivity contribution in [1.82, 2.24) is 4.98 Å². The molecule has 1 heterocycles. The van der Waals surface area contributed by atoms with Gasteiger partial charge in [0.25, 0.3) is 0 Å². The Kier molecular flexibility index (Phi) is 2.11. The molecule has 3 fully saturated rings. The second kappa shape index (κ2) is 3.62. The molecule has 0 radical (unpaired) electrons. The minimum Gasteiger partial charge on any atom is -0.478 e. The van der Waals surface area contributed by atoms with Gasteiger partial charge in [0.15, 0.2) is 0 Å². The van der Waals surface area contributed by atoms with E-state index >= 15 is 0 Å². The van der Waals surface area contributed by atoms with Crippen LogP contribution in [0.5, 0.6) is 0 Å². The molecule has 5 heteroatoms. The predicted octanol–water partition coefficient (Wildman–Crippen LogP) is 1.82. The molecule has 1 aromatic rings. The van der Waals surface area contributed by atoms with Crippen LogP contribution in [0, 0.1) is 23.7 Å². The normalized spacial score (nSPS) is 38.0. The van der Waals surface area contributed by atoms with Gasteiger partial charge in [0.1, 0.15) is 5.82 Å². The van der Waals surface area contributed by atoms with Crippen molar-refractivity contribution in [1.29, 1.82) is 0 Å². The molecule has 3 saturated carbocycles. The third kappa shape index (κ3) is 1.54. The van der Waals surface area contributed by atoms with Crippen LogP contribution in [0.3, 0.4) is 0 Å². The van der Waals surface area contributed by atoms with E-state index < -0.39 is 5.97 Å². The maximum Gasteiger partial charge on any atom is 0.337 e. The van der Waals surface area contributed by atoms with Crippen molar-refractivity contribution in [2.45, 2.75) is 25.3 Å². The maximum atomic E-state index is 10.8. The number of carbonyl (C=O) groups is 1. The number of carboxylic acid groups (broad SMARTS) is 1. The smallest absolute Gasteiger partial charge is 0.337 e. The summed E-state index contributed by atoms with van der Waals surface area (Å²) in [5, 5.41) is 12.3. The van der Waals surface area contributed by atoms with Crippen molar-refractivity contribution in [3.05, 3.63) is 17.8 Å². The first-order valence-corrected chi connectivity index (χ1v) is 6.90. The number of carboxylic acids is 1. The zero-order valence-corrected chi connectivity index (χ0v) is 10.5. The van der Waals surface area contributed by atoms with E-state index in [2.05, 4.69) is 10.3 Å². The Bertz CT molecular complexity index is 544. The van der Waals surface area contributed by atoms with Crippen LogP contribution < -0.4 is 11.1 Å². The highest BCUT2D eigenvalue weighted by Crippen LogP contribution is 2.66. The van der Waals surface area contributed by atoms with Crippen LogP contribution >= 0.6 is 0 Å². The number of nitrogens with one attached hydrogen (secondary N) is 1. The van der Waals surface area contributed by atoms with Gasteiger partial charge in [0, 0.05) is 12.2 Å². The van der Waals surface area contributed by atoms with E-state index in [9.17, 15) is 4.79 Å². The van der Waals surface area contributed by atoms with Crippen LogP contribution in [-0.2, 0) is 0 Å². The molecule has 19 heavy (non-hydrogen) atoms. The van der Waals surface area contributed by atoms with E-state index in [-0.39, 0.29) is 5.56 Å². The van der Waals surface area contributed by atoms with Gasteiger partial charge in [-0.2, -0.15) is 0 Å². The van der Waals surface area contributed by atoms with E-state index in [1.165, 1.54) is 31.5 Å². The van der Waals surface area contributed by atoms with Gasteiger partial charge in [-0.05, 0) is 49.0 Å². The number of hydrogen-bond acceptors (Lipinski definition) is 4. The first-order chi connectivity index (χ1) is 9.15. The number of nitrogen functional groups attached to an aromatic ring is 1. The molecule has 4 N–H and O–H groups in total. The van der Waals surface area contributed by atoms with Crippen LogP contribution in [0.25, 0.3) is 0 Å². The Morgan fingerprint density at radius 1 is 1.37 bits per heavy atom. The lowest BCUT2D eigenvalue weighted by Gasteiger charge is -2.12. The predicted molar refractivity (Wildman–Crippen MR) is 70.8 cm³/mol. The Morgan fingerprint density at radius 2 is 2.05 bits per heavy atom. The van der Waals surface area contributed by atoms with Crippen molar-refractivity contribution in [3.63, 3.8) is 0 Å². The summed E-state index contributed by atoms with van der Waals surface area (Å²) < 4.78 is 0. The Balaban J connectivity index is 1.51. The number of rotatable bonds is 3. The first kappa shape index (κ1) is 11.1. The average Bonchev–Trinajstić information content (AvgIpc) is 2.79. The molecule has 1 aromatic heterocycles. The highest BCUT2D eigenvalue weighted by Gasteiger charge is 2.65. The molecule has 0 aliphatic heterocycles. The van der Waals surface area contributed by atoms with E-state index in [1.807, 2.05) is 0 Å². The Hall–Kier alpha value is -1.78. The molecule has 3 aliphatic carbocycles. The molecule has 4 unspecified atom stereocenters. The Labute approximate surface area is 111 Å². The highest BCUT2D eigenvalue weighted by atomic mass is 16.4. The highest BCUT2D eigenvalue weighted by molar-refractivity contribution is 5.89. The number of anilines is 2. The Morgan fingerprint density at radius 3 is 2.63 bits per heavy atom. The van der Waals surface area contributed by atoms with E-state index in [1.54, 1.807) is 0 Å². The molecule has 4 atom stereocenters. The van der Waals surface area contributed by atoms with Crippen LogP contribution in [-0.4, -0.2) is 22.1 Å². The topological polar surface area (TPSA) is 88.2 Å². The number of aromatic nitrogens is 1. The molecule has 0 spiro atoms. The summed E-state index contributed by atoms with van der Waals surface area (Å²) in [4.78, 5) is 15.0. The largest absolute Gasteiger partial charge is 0.478 e. The number of fused-ring (bicyclic) bond motifs is 5. The summed E-state index contributed by atoms with van der Waals surface area (Å²) in [6, 6.07) is 1.99. The summed E-state index contributed by atoms with van der Waals surface area (Å²) in [6.45, 7) is 0. The van der Waals surface area contributed by atoms with Crippen molar-refractivity contribution in [2.24, 2.45) is 23.7 Å². The average molecular weight is 259 g/mol. The van der Waals surface area contributed by atoms with Gasteiger partial charge in [-0.3, -0.25) is 0 Å². The van der Waals surface area contributed by atoms with Crippen molar-refractivity contribution < 1.29 is 9.90 Å². The fourth-order valence-electron chi connectivity index (χ4n) is 4.40. The second-order valence-corrected chi connectivity index (χ2v) is 6.13. The van der Waals surface area contributed by atoms with Gasteiger partial charge < -0.3 is 16.2 Å². The molecular weight excluding hydrogens is 242 g/mol. The molecule has 100 valence electrons. The summed E-state index contributed by atoms with van der Waals surface area (Å²) in [6.07, 6.45) is 5.54. The summed E-state index contributed by atoms with van der Waals surface area (Å²) in [7, 11) is 0. The second-order valence-electron chi connectivity index (χ2n) is 6.13. The SMILES string of the molecule is Nc1cc(C(=O)O)cnc1NC1C2C3CCC(C3)C12. The van der Waals surface area contributed by atoms with Gasteiger partial charge >= 0.3 is 5.97 Å². The van der Waals surface area contributed by atoms with Crippen molar-refractivity contribution in [2.75, 3.05) is 11.1 Å². The third-order valence-corrected chi connectivity index (χ3v) is 5.20. The molecule has 0 aromatic carbocycles. The minimum absolute atomic E-state index is 0.138. The van der Waals surface area contributed by atoms with Crippen molar-refractivity contribution >= 4 is 17.5 Å². The molecule has 4 rings (SSSR count). The molecule has 0 amide bonds. The quantitative estimate of drug-likeness (QED) is 0.770. The fraction of sp³-hybridized carbons (Fsp3) is 0.571. The van der Waals surface area contributed by atoms with Crippen LogP contribution in [0.4, 0.5) is 11.5 Å². The summed E-state index contributed by atoms with van der Waals surface area (Å²) in [5.41, 5.74) is 6.45. The number of hydrogen-bond donors (Lipinski definition) is 3. The van der Waals surface area contributed by atoms with Gasteiger partial charge in [0.05, 0.1) is 11.3 Å². The summed E-state index contributed by atoms with van der Waals surface area (Å²) >= 11 is 0. The van der Waals surface area contributed by atoms with Crippen LogP contribution in [0.15, 0.2) is 12.3 Å². The van der Waals surface area contributed by atoms with Gasteiger partial charge in [-0.25, -0.2) is 9.78 Å². The van der Waals surface area contributed by atoms with Gasteiger partial charge in [-0.1, -0.05) is 0 Å². The first-order valence-electron chi connectivity index (χ1n) is 6.90. The van der Waals surface area contributed by atoms with Crippen LogP contribution in [0.1, 0.15) is 29.6 Å². The summed E-state index contributed by atoms with van der Waals surface area (Å²) in [5.74, 6) is 3.05. The zero-order valence-electron chi connectivity index (χ0n) is 10.5.